The van der Waals surface area contributed by atoms with E-state index in [1.807, 2.05) is 31.1 Å². The molecule has 0 radical (unpaired) electrons. The number of ether oxygens (including phenoxy) is 1. The normalized spacial score (nSPS) is 13.5. The van der Waals surface area contributed by atoms with E-state index in [0.29, 0.717) is 43.4 Å². The molecule has 0 bridgehead atoms. The van der Waals surface area contributed by atoms with E-state index in [9.17, 15) is 4.79 Å². The Morgan fingerprint density at radius 2 is 1.94 bits per heavy atom. The zero-order valence-corrected chi connectivity index (χ0v) is 18.5. The van der Waals surface area contributed by atoms with Crippen LogP contribution in [0.4, 0.5) is 28.2 Å². The first-order chi connectivity index (χ1) is 16.0. The number of hydrogen-bond acceptors (Lipinski definition) is 10. The molecule has 3 aromatic heterocycles. The number of nitrogen functional groups attached to an aromatic ring is 1. The van der Waals surface area contributed by atoms with Gasteiger partial charge in [-0.3, -0.25) is 5.32 Å². The molecule has 3 N–H and O–H groups in total. The van der Waals surface area contributed by atoms with Crippen LogP contribution in [0.15, 0.2) is 43.0 Å². The van der Waals surface area contributed by atoms with E-state index >= 15 is 0 Å². The molecule has 0 aromatic carbocycles. The first-order valence-corrected chi connectivity index (χ1v) is 10.4. The SMILES string of the molecule is CN(C)c1cc(NC(=O)N2CCN(c3ncccc3OCc3ccnc(N)n3)CC2)ncn1. The van der Waals surface area contributed by atoms with Gasteiger partial charge in [-0.15, -0.1) is 0 Å². The lowest BCUT2D eigenvalue weighted by Crippen LogP contribution is -2.50. The molecule has 33 heavy (non-hydrogen) atoms. The molecule has 1 aliphatic heterocycles. The molecule has 0 saturated carbocycles. The van der Waals surface area contributed by atoms with Crippen LogP contribution in [0, 0.1) is 0 Å². The molecular weight excluding hydrogens is 424 g/mol. The molecule has 4 heterocycles. The minimum atomic E-state index is -0.197. The standard InChI is InChI=1S/C21H26N10O2/c1-29(2)18-12-17(25-14-26-18)28-21(32)31-10-8-30(9-11-31)19-16(4-3-6-23-19)33-13-15-5-7-24-20(22)27-15/h3-7,12,14H,8-11,13H2,1-2H3,(H2,22,24,27)(H,25,26,28,32). The van der Waals surface area contributed by atoms with Gasteiger partial charge in [-0.25, -0.2) is 29.7 Å². The number of rotatable bonds is 6. The topological polar surface area (TPSA) is 139 Å². The predicted molar refractivity (Wildman–Crippen MR) is 124 cm³/mol. The van der Waals surface area contributed by atoms with E-state index in [1.54, 1.807) is 29.4 Å². The summed E-state index contributed by atoms with van der Waals surface area (Å²) in [6, 6.07) is 6.97. The number of pyridine rings is 1. The molecule has 4 rings (SSSR count). The van der Waals surface area contributed by atoms with Gasteiger partial charge < -0.3 is 25.2 Å². The van der Waals surface area contributed by atoms with Crippen LogP contribution in [0.1, 0.15) is 5.69 Å². The van der Waals surface area contributed by atoms with Gasteiger partial charge in [0.25, 0.3) is 0 Å². The van der Waals surface area contributed by atoms with Crippen molar-refractivity contribution in [3.05, 3.63) is 48.7 Å². The van der Waals surface area contributed by atoms with Crippen LogP contribution >= 0.6 is 0 Å². The number of nitrogens with zero attached hydrogens (tertiary/aromatic N) is 8. The molecule has 1 fully saturated rings. The Morgan fingerprint density at radius 1 is 1.12 bits per heavy atom. The summed E-state index contributed by atoms with van der Waals surface area (Å²) >= 11 is 0. The van der Waals surface area contributed by atoms with E-state index in [-0.39, 0.29) is 18.6 Å². The van der Waals surface area contributed by atoms with Crippen molar-refractivity contribution in [3.8, 4) is 5.75 Å². The van der Waals surface area contributed by atoms with Crippen LogP contribution in [-0.4, -0.2) is 76.1 Å². The molecule has 12 nitrogen and oxygen atoms in total. The minimum Gasteiger partial charge on any atom is -0.483 e. The largest absolute Gasteiger partial charge is 0.483 e. The van der Waals surface area contributed by atoms with Crippen molar-refractivity contribution in [1.29, 1.82) is 0 Å². The Morgan fingerprint density at radius 3 is 2.70 bits per heavy atom. The van der Waals surface area contributed by atoms with E-state index in [0.717, 1.165) is 11.6 Å². The fourth-order valence-corrected chi connectivity index (χ4v) is 3.35. The van der Waals surface area contributed by atoms with Gasteiger partial charge in [0.05, 0.1) is 5.69 Å². The lowest BCUT2D eigenvalue weighted by molar-refractivity contribution is 0.207. The van der Waals surface area contributed by atoms with Gasteiger partial charge >= 0.3 is 6.03 Å². The molecule has 1 aliphatic rings. The number of nitrogens with two attached hydrogens (primary N) is 1. The zero-order chi connectivity index (χ0) is 23.2. The molecular formula is C21H26N10O2. The number of aromatic nitrogens is 5. The van der Waals surface area contributed by atoms with Gasteiger partial charge in [0.1, 0.15) is 24.6 Å². The first kappa shape index (κ1) is 22.0. The van der Waals surface area contributed by atoms with Crippen LogP contribution in [0.5, 0.6) is 5.75 Å². The van der Waals surface area contributed by atoms with Crippen molar-refractivity contribution >= 4 is 29.4 Å². The quantitative estimate of drug-likeness (QED) is 0.564. The van der Waals surface area contributed by atoms with Crippen molar-refractivity contribution in [2.45, 2.75) is 6.61 Å². The smallest absolute Gasteiger partial charge is 0.323 e. The van der Waals surface area contributed by atoms with Crippen LogP contribution in [-0.2, 0) is 6.61 Å². The zero-order valence-electron chi connectivity index (χ0n) is 18.5. The van der Waals surface area contributed by atoms with E-state index in [1.165, 1.54) is 6.33 Å². The van der Waals surface area contributed by atoms with Gasteiger partial charge in [0.2, 0.25) is 5.95 Å². The maximum Gasteiger partial charge on any atom is 0.323 e. The molecule has 0 atom stereocenters. The predicted octanol–water partition coefficient (Wildman–Crippen LogP) is 1.24. The van der Waals surface area contributed by atoms with E-state index in [2.05, 4.69) is 35.1 Å². The number of piperazine rings is 1. The maximum absolute atomic E-state index is 12.7. The second-order valence-electron chi connectivity index (χ2n) is 7.58. The van der Waals surface area contributed by atoms with E-state index in [4.69, 9.17) is 10.5 Å². The molecule has 3 aromatic rings. The maximum atomic E-state index is 12.7. The number of carbonyl (C=O) groups excluding carboxylic acids is 1. The first-order valence-electron chi connectivity index (χ1n) is 10.4. The summed E-state index contributed by atoms with van der Waals surface area (Å²) in [5.41, 5.74) is 6.32. The van der Waals surface area contributed by atoms with E-state index < -0.39 is 0 Å². The van der Waals surface area contributed by atoms with Crippen molar-refractivity contribution in [1.82, 2.24) is 29.8 Å². The van der Waals surface area contributed by atoms with Crippen LogP contribution in [0.2, 0.25) is 0 Å². The molecule has 2 amide bonds. The van der Waals surface area contributed by atoms with Gasteiger partial charge in [0, 0.05) is 58.7 Å². The van der Waals surface area contributed by atoms with Crippen molar-refractivity contribution in [2.24, 2.45) is 0 Å². The third kappa shape index (κ3) is 5.53. The number of anilines is 4. The van der Waals surface area contributed by atoms with Crippen LogP contribution < -0.4 is 25.6 Å². The summed E-state index contributed by atoms with van der Waals surface area (Å²) in [6.07, 6.45) is 4.75. The number of nitrogens with one attached hydrogen (secondary N) is 1. The Balaban J connectivity index is 1.35. The Kier molecular flexibility index (Phi) is 6.62. The second-order valence-corrected chi connectivity index (χ2v) is 7.58. The van der Waals surface area contributed by atoms with Crippen LogP contribution in [0.3, 0.4) is 0 Å². The van der Waals surface area contributed by atoms with Crippen LogP contribution in [0.25, 0.3) is 0 Å². The third-order valence-corrected chi connectivity index (χ3v) is 5.07. The minimum absolute atomic E-state index is 0.197. The van der Waals surface area contributed by atoms with Crippen molar-refractivity contribution in [3.63, 3.8) is 0 Å². The highest BCUT2D eigenvalue weighted by Crippen LogP contribution is 2.27. The molecule has 0 unspecified atom stereocenters. The second kappa shape index (κ2) is 9.94. The lowest BCUT2D eigenvalue weighted by atomic mass is 10.3. The molecule has 172 valence electrons. The van der Waals surface area contributed by atoms with Gasteiger partial charge in [0.15, 0.2) is 11.6 Å². The highest BCUT2D eigenvalue weighted by Gasteiger charge is 2.24. The number of urea groups is 1. The highest BCUT2D eigenvalue weighted by molar-refractivity contribution is 5.88. The van der Waals surface area contributed by atoms with Gasteiger partial charge in [-0.1, -0.05) is 0 Å². The summed E-state index contributed by atoms with van der Waals surface area (Å²) < 4.78 is 5.95. The molecule has 1 saturated heterocycles. The monoisotopic (exact) mass is 450 g/mol. The average Bonchev–Trinajstić information content (AvgIpc) is 2.83. The fraction of sp³-hybridized carbons (Fsp3) is 0.333. The lowest BCUT2D eigenvalue weighted by Gasteiger charge is -2.35. The summed E-state index contributed by atoms with van der Waals surface area (Å²) in [5.74, 6) is 2.76. The van der Waals surface area contributed by atoms with Crippen molar-refractivity contribution < 1.29 is 9.53 Å². The van der Waals surface area contributed by atoms with Gasteiger partial charge in [-0.05, 0) is 18.2 Å². The summed E-state index contributed by atoms with van der Waals surface area (Å²) in [4.78, 5) is 39.2. The van der Waals surface area contributed by atoms with Crippen molar-refractivity contribution in [2.75, 3.05) is 61.1 Å². The third-order valence-electron chi connectivity index (χ3n) is 5.07. The fourth-order valence-electron chi connectivity index (χ4n) is 3.35. The Bertz CT molecular complexity index is 1100. The molecule has 0 spiro atoms. The summed E-state index contributed by atoms with van der Waals surface area (Å²) in [7, 11) is 3.76. The number of carbonyl (C=O) groups is 1. The summed E-state index contributed by atoms with van der Waals surface area (Å²) in [5, 5.41) is 2.84. The Labute approximate surface area is 191 Å². The van der Waals surface area contributed by atoms with Gasteiger partial charge in [-0.2, -0.15) is 0 Å². The number of hydrogen-bond donors (Lipinski definition) is 2. The average molecular weight is 451 g/mol. The highest BCUT2D eigenvalue weighted by atomic mass is 16.5. The Hall–Kier alpha value is -4.22. The molecule has 0 aliphatic carbocycles. The molecule has 12 heteroatoms. The number of amides is 2. The summed E-state index contributed by atoms with van der Waals surface area (Å²) in [6.45, 7) is 2.56.